The molecule has 0 saturated heterocycles. The molecule has 0 amide bonds. The molecule has 4 atom stereocenters. The van der Waals surface area contributed by atoms with Crippen LogP contribution in [0.15, 0.2) is 60.3 Å². The van der Waals surface area contributed by atoms with Crippen LogP contribution in [0.2, 0.25) is 0 Å². The topological polar surface area (TPSA) is 88.1 Å². The molecule has 1 aromatic heterocycles. The molecule has 2 aromatic carbocycles. The van der Waals surface area contributed by atoms with E-state index in [0.29, 0.717) is 30.4 Å². The van der Waals surface area contributed by atoms with Crippen molar-refractivity contribution in [3.05, 3.63) is 82.5 Å². The van der Waals surface area contributed by atoms with E-state index in [4.69, 9.17) is 23.7 Å². The van der Waals surface area contributed by atoms with Gasteiger partial charge in [-0.25, -0.2) is 8.78 Å². The molecule has 44 heavy (non-hydrogen) atoms. The van der Waals surface area contributed by atoms with Gasteiger partial charge >= 0.3 is 5.97 Å². The largest absolute Gasteiger partial charge is 0.493 e. The number of esters is 1. The zero-order valence-electron chi connectivity index (χ0n) is 25.6. The molecule has 2 aliphatic carbocycles. The molecule has 1 N–H and O–H groups in total. The van der Waals surface area contributed by atoms with Crippen molar-refractivity contribution in [2.45, 2.75) is 63.5 Å². The van der Waals surface area contributed by atoms with Crippen molar-refractivity contribution in [2.24, 2.45) is 0 Å². The molecule has 1 saturated carbocycles. The third-order valence-electron chi connectivity index (χ3n) is 8.40. The highest BCUT2D eigenvalue weighted by atomic mass is 19.3. The monoisotopic (exact) mass is 608 g/mol. The number of benzene rings is 2. The number of nitrogens with one attached hydrogen (secondary N) is 1. The minimum atomic E-state index is -2.60. The molecule has 5 rings (SSSR count). The molecule has 0 radical (unpaired) electrons. The predicted molar refractivity (Wildman–Crippen MR) is 162 cm³/mol. The van der Waals surface area contributed by atoms with Gasteiger partial charge in [-0.3, -0.25) is 4.79 Å². The smallest absolute Gasteiger partial charge is 0.302 e. The molecule has 1 fully saturated rings. The lowest BCUT2D eigenvalue weighted by molar-refractivity contribution is -0.148. The van der Waals surface area contributed by atoms with Crippen molar-refractivity contribution in [3.8, 4) is 23.3 Å². The highest BCUT2D eigenvalue weighted by Crippen LogP contribution is 2.48. The maximum absolute atomic E-state index is 12.9. The summed E-state index contributed by atoms with van der Waals surface area (Å²) < 4.78 is 53.3. The Morgan fingerprint density at radius 2 is 1.77 bits per heavy atom. The minimum absolute atomic E-state index is 0.0432. The van der Waals surface area contributed by atoms with Crippen LogP contribution in [0, 0.1) is 0 Å². The summed E-state index contributed by atoms with van der Waals surface area (Å²) >= 11 is 0. The molecule has 3 aromatic rings. The summed E-state index contributed by atoms with van der Waals surface area (Å²) in [7, 11) is 4.66. The number of rotatable bonds is 11. The highest BCUT2D eigenvalue weighted by Gasteiger charge is 2.39. The van der Waals surface area contributed by atoms with Crippen LogP contribution in [0.5, 0.6) is 23.3 Å². The number of pyridine rings is 1. The van der Waals surface area contributed by atoms with Crippen molar-refractivity contribution >= 4 is 11.5 Å². The lowest BCUT2D eigenvalue weighted by Crippen LogP contribution is -2.42. The van der Waals surface area contributed by atoms with Crippen LogP contribution in [-0.4, -0.2) is 57.5 Å². The van der Waals surface area contributed by atoms with Gasteiger partial charge in [-0.15, -0.1) is 0 Å². The van der Waals surface area contributed by atoms with Crippen molar-refractivity contribution in [2.75, 3.05) is 27.9 Å². The van der Waals surface area contributed by atoms with E-state index in [2.05, 4.69) is 29.4 Å². The van der Waals surface area contributed by atoms with E-state index in [1.165, 1.54) is 14.0 Å². The van der Waals surface area contributed by atoms with Crippen molar-refractivity contribution in [1.29, 1.82) is 0 Å². The van der Waals surface area contributed by atoms with E-state index in [9.17, 15) is 13.6 Å². The first-order valence-electron chi connectivity index (χ1n) is 14.7. The number of methoxy groups -OCH3 is 3. The lowest BCUT2D eigenvalue weighted by atomic mass is 9.77. The van der Waals surface area contributed by atoms with Gasteiger partial charge in [0.2, 0.25) is 11.8 Å². The number of allylic oxidation sites excluding steroid dienone is 2. The first kappa shape index (κ1) is 31.1. The predicted octanol–water partition coefficient (Wildman–Crippen LogP) is 6.49. The van der Waals surface area contributed by atoms with Gasteiger partial charge in [0.15, 0.2) is 11.5 Å². The molecule has 0 spiro atoms. The summed E-state index contributed by atoms with van der Waals surface area (Å²) in [6.07, 6.45) is -0.858. The highest BCUT2D eigenvalue weighted by molar-refractivity contribution is 5.79. The van der Waals surface area contributed by atoms with Crippen LogP contribution >= 0.6 is 0 Å². The van der Waals surface area contributed by atoms with Gasteiger partial charge in [0.25, 0.3) is 6.43 Å². The Labute approximate surface area is 256 Å². The molecule has 8 nitrogen and oxygen atoms in total. The van der Waals surface area contributed by atoms with Crippen LogP contribution < -0.4 is 24.3 Å². The summed E-state index contributed by atoms with van der Waals surface area (Å²) in [5.74, 6) is 0.989. The second kappa shape index (κ2) is 13.5. The number of carbonyl (C=O) groups is 1. The molecule has 0 bridgehead atoms. The van der Waals surface area contributed by atoms with E-state index < -0.39 is 13.0 Å². The molecule has 2 aliphatic rings. The zero-order valence-corrected chi connectivity index (χ0v) is 25.6. The number of halogens is 2. The Morgan fingerprint density at radius 3 is 2.48 bits per heavy atom. The first-order valence-corrected chi connectivity index (χ1v) is 14.7. The zero-order chi connectivity index (χ0) is 31.4. The number of hydrogen-bond acceptors (Lipinski definition) is 8. The van der Waals surface area contributed by atoms with Crippen LogP contribution in [0.4, 0.5) is 8.78 Å². The maximum atomic E-state index is 12.9. The number of aromatic nitrogens is 1. The van der Waals surface area contributed by atoms with Crippen LogP contribution in [0.1, 0.15) is 67.2 Å². The average Bonchev–Trinajstić information content (AvgIpc) is 3.30. The summed E-state index contributed by atoms with van der Waals surface area (Å²) in [6, 6.07) is 17.5. The Kier molecular flexibility index (Phi) is 9.56. The van der Waals surface area contributed by atoms with E-state index in [1.807, 2.05) is 36.4 Å². The molecular formula is C34H38F2N2O6. The standard InChI is InChI=1S/C34H38F2N2O6/c1-19-23-8-6-7-9-24(23)32(25-12-15-31(41-4)38-34(25)42-5)33(19)37-27-13-11-22(44-20(2)39)17-26(27)21-10-14-28(29(16-21)40-3)43-18-30(35)36/h6-10,12,14-16,22,26-27,30,32,37H,11,13,17-18H2,1-5H3. The fourth-order valence-electron chi connectivity index (χ4n) is 6.45. The summed E-state index contributed by atoms with van der Waals surface area (Å²) in [5, 5.41) is 3.91. The van der Waals surface area contributed by atoms with E-state index in [1.54, 1.807) is 20.3 Å². The van der Waals surface area contributed by atoms with Crippen LogP contribution in [0.25, 0.3) is 5.57 Å². The number of ether oxygens (including phenoxy) is 5. The molecule has 4 unspecified atom stereocenters. The van der Waals surface area contributed by atoms with Crippen molar-refractivity contribution < 1.29 is 37.3 Å². The first-order chi connectivity index (χ1) is 21.2. The van der Waals surface area contributed by atoms with Gasteiger partial charge in [-0.1, -0.05) is 30.3 Å². The fraction of sp³-hybridized carbons (Fsp3) is 0.412. The molecule has 10 heteroatoms. The Hall–Kier alpha value is -4.34. The molecule has 234 valence electrons. The molecular weight excluding hydrogens is 570 g/mol. The number of hydrogen-bond donors (Lipinski definition) is 1. The van der Waals surface area contributed by atoms with Crippen molar-refractivity contribution in [3.63, 3.8) is 0 Å². The summed E-state index contributed by atoms with van der Waals surface area (Å²) in [6.45, 7) is 2.81. The Balaban J connectivity index is 1.53. The fourth-order valence-corrected chi connectivity index (χ4v) is 6.45. The van der Waals surface area contributed by atoms with Crippen LogP contribution in [0.3, 0.4) is 0 Å². The van der Waals surface area contributed by atoms with E-state index in [0.717, 1.165) is 39.9 Å². The van der Waals surface area contributed by atoms with Gasteiger partial charge in [-0.05, 0) is 66.6 Å². The normalized spacial score (nSPS) is 21.1. The molecule has 0 aliphatic heterocycles. The SMILES string of the molecule is COc1ccc(C2C(NC3CCC(OC(C)=O)CC3c3ccc(OCC(F)F)c(OC)c3)=C(C)c3ccccc32)c(OC)n1. The van der Waals surface area contributed by atoms with Gasteiger partial charge in [0.05, 0.1) is 27.2 Å². The number of carbonyl (C=O) groups excluding carboxylic acids is 1. The molecule has 1 heterocycles. The Bertz CT molecular complexity index is 1530. The minimum Gasteiger partial charge on any atom is -0.493 e. The number of alkyl halides is 2. The van der Waals surface area contributed by atoms with E-state index >= 15 is 0 Å². The summed E-state index contributed by atoms with van der Waals surface area (Å²) in [4.78, 5) is 16.5. The quantitative estimate of drug-likeness (QED) is 0.248. The maximum Gasteiger partial charge on any atom is 0.302 e. The number of nitrogens with zero attached hydrogens (tertiary/aromatic N) is 1. The van der Waals surface area contributed by atoms with Gasteiger partial charge < -0.3 is 29.0 Å². The number of fused-ring (bicyclic) bond motifs is 1. The third-order valence-corrected chi connectivity index (χ3v) is 8.40. The Morgan fingerprint density at radius 1 is 0.977 bits per heavy atom. The second-order valence-corrected chi connectivity index (χ2v) is 11.0. The third kappa shape index (κ3) is 6.44. The van der Waals surface area contributed by atoms with Gasteiger partial charge in [0.1, 0.15) is 12.7 Å². The second-order valence-electron chi connectivity index (χ2n) is 11.0. The van der Waals surface area contributed by atoms with Gasteiger partial charge in [0, 0.05) is 36.2 Å². The lowest BCUT2D eigenvalue weighted by Gasteiger charge is -2.38. The van der Waals surface area contributed by atoms with Crippen molar-refractivity contribution in [1.82, 2.24) is 10.3 Å². The van der Waals surface area contributed by atoms with Gasteiger partial charge in [-0.2, -0.15) is 4.98 Å². The van der Waals surface area contributed by atoms with E-state index in [-0.39, 0.29) is 35.7 Å². The van der Waals surface area contributed by atoms with Crippen LogP contribution in [-0.2, 0) is 9.53 Å². The average molecular weight is 609 g/mol. The summed E-state index contributed by atoms with van der Waals surface area (Å²) in [5.41, 5.74) is 6.29.